The monoisotopic (exact) mass is 407 g/mol. The summed E-state index contributed by atoms with van der Waals surface area (Å²) in [7, 11) is 1.65. The number of rotatable bonds is 8. The third-order valence-corrected chi connectivity index (χ3v) is 5.10. The summed E-state index contributed by atoms with van der Waals surface area (Å²) in [5, 5.41) is 13.0. The number of aliphatic hydroxyl groups is 1. The minimum atomic E-state index is -0.0130. The largest absolute Gasteiger partial charge is 0.494 e. The molecule has 0 saturated carbocycles. The molecule has 5 heteroatoms. The Hall–Kier alpha value is -0.100. The van der Waals surface area contributed by atoms with Crippen molar-refractivity contribution in [2.24, 2.45) is 5.41 Å². The Balaban J connectivity index is 2.67. The highest BCUT2D eigenvalue weighted by Crippen LogP contribution is 2.34. The van der Waals surface area contributed by atoms with Gasteiger partial charge in [0.2, 0.25) is 0 Å². The van der Waals surface area contributed by atoms with Gasteiger partial charge in [0.25, 0.3) is 0 Å². The van der Waals surface area contributed by atoms with Crippen LogP contribution in [-0.2, 0) is 6.54 Å². The van der Waals surface area contributed by atoms with Crippen molar-refractivity contribution in [1.82, 2.24) is 5.32 Å². The molecule has 0 radical (unpaired) electrons. The van der Waals surface area contributed by atoms with Gasteiger partial charge in [0.1, 0.15) is 5.75 Å². The Bertz CT molecular complexity index is 403. The number of ether oxygens (including phenoxy) is 1. The van der Waals surface area contributed by atoms with E-state index in [1.54, 1.807) is 7.11 Å². The number of hydrogen-bond acceptors (Lipinski definition) is 3. The number of hydrogen-bond donors (Lipinski definition) is 2. The lowest BCUT2D eigenvalue weighted by atomic mass is 9.83. The average molecular weight is 409 g/mol. The quantitative estimate of drug-likeness (QED) is 0.680. The van der Waals surface area contributed by atoms with Crippen molar-refractivity contribution in [3.8, 4) is 5.75 Å². The zero-order valence-corrected chi connectivity index (χ0v) is 15.5. The first-order valence-corrected chi connectivity index (χ1v) is 8.44. The smallest absolute Gasteiger partial charge is 0.147 e. The van der Waals surface area contributed by atoms with E-state index < -0.39 is 0 Å². The maximum atomic E-state index is 9.56. The predicted molar refractivity (Wildman–Crippen MR) is 90.2 cm³/mol. The summed E-state index contributed by atoms with van der Waals surface area (Å²) in [6.45, 7) is 6.06. The standard InChI is InChI=1S/C15H23Br2NO2/c1-4-15(5-2,10-19)9-18-8-11-6-12(16)14(20-3)13(17)7-11/h6-7,18-19H,4-5,8-10H2,1-3H3. The summed E-state index contributed by atoms with van der Waals surface area (Å²) >= 11 is 7.02. The van der Waals surface area contributed by atoms with Gasteiger partial charge in [0, 0.05) is 25.1 Å². The summed E-state index contributed by atoms with van der Waals surface area (Å²) in [4.78, 5) is 0. The molecule has 0 aliphatic rings. The number of nitrogens with one attached hydrogen (secondary N) is 1. The second kappa shape index (κ2) is 8.37. The fourth-order valence-electron chi connectivity index (χ4n) is 2.16. The summed E-state index contributed by atoms with van der Waals surface area (Å²) < 4.78 is 7.17. The van der Waals surface area contributed by atoms with E-state index in [-0.39, 0.29) is 12.0 Å². The maximum Gasteiger partial charge on any atom is 0.147 e. The molecule has 0 fully saturated rings. The number of aliphatic hydroxyl groups excluding tert-OH is 1. The van der Waals surface area contributed by atoms with Gasteiger partial charge in [-0.1, -0.05) is 13.8 Å². The van der Waals surface area contributed by atoms with Crippen LogP contribution < -0.4 is 10.1 Å². The van der Waals surface area contributed by atoms with Crippen LogP contribution in [0.25, 0.3) is 0 Å². The van der Waals surface area contributed by atoms with Crippen LogP contribution >= 0.6 is 31.9 Å². The molecule has 0 aliphatic heterocycles. The molecule has 0 saturated heterocycles. The minimum Gasteiger partial charge on any atom is -0.494 e. The van der Waals surface area contributed by atoms with Gasteiger partial charge in [0.05, 0.1) is 16.1 Å². The van der Waals surface area contributed by atoms with E-state index >= 15 is 0 Å². The van der Waals surface area contributed by atoms with Crippen LogP contribution in [0.3, 0.4) is 0 Å². The van der Waals surface area contributed by atoms with Crippen molar-refractivity contribution in [3.05, 3.63) is 26.6 Å². The van der Waals surface area contributed by atoms with Crippen LogP contribution in [0.2, 0.25) is 0 Å². The minimum absolute atomic E-state index is 0.0130. The third-order valence-electron chi connectivity index (χ3n) is 3.93. The van der Waals surface area contributed by atoms with Gasteiger partial charge in [-0.15, -0.1) is 0 Å². The van der Waals surface area contributed by atoms with Gasteiger partial charge in [-0.3, -0.25) is 0 Å². The van der Waals surface area contributed by atoms with Crippen molar-refractivity contribution in [2.45, 2.75) is 33.2 Å². The van der Waals surface area contributed by atoms with Gasteiger partial charge in [-0.05, 0) is 62.4 Å². The van der Waals surface area contributed by atoms with Crippen LogP contribution in [0.4, 0.5) is 0 Å². The average Bonchev–Trinajstić information content (AvgIpc) is 2.44. The van der Waals surface area contributed by atoms with Crippen LogP contribution in [0.1, 0.15) is 32.3 Å². The first-order valence-electron chi connectivity index (χ1n) is 6.85. The van der Waals surface area contributed by atoms with E-state index in [4.69, 9.17) is 4.74 Å². The van der Waals surface area contributed by atoms with Crippen molar-refractivity contribution in [2.75, 3.05) is 20.3 Å². The number of benzene rings is 1. The van der Waals surface area contributed by atoms with Gasteiger partial charge >= 0.3 is 0 Å². The molecular formula is C15H23Br2NO2. The number of methoxy groups -OCH3 is 1. The molecule has 0 unspecified atom stereocenters. The van der Waals surface area contributed by atoms with Crippen molar-refractivity contribution >= 4 is 31.9 Å². The molecule has 0 aliphatic carbocycles. The van der Waals surface area contributed by atoms with Crippen molar-refractivity contribution < 1.29 is 9.84 Å². The van der Waals surface area contributed by atoms with Crippen LogP contribution in [0, 0.1) is 5.41 Å². The second-order valence-corrected chi connectivity index (χ2v) is 6.77. The molecule has 1 aromatic rings. The Morgan fingerprint density at radius 3 is 2.15 bits per heavy atom. The Kier molecular flexibility index (Phi) is 7.51. The zero-order chi connectivity index (χ0) is 15.2. The third kappa shape index (κ3) is 4.45. The summed E-state index contributed by atoms with van der Waals surface area (Å²) in [5.74, 6) is 0.806. The predicted octanol–water partition coefficient (Wildman–Crippen LogP) is 4.11. The lowest BCUT2D eigenvalue weighted by molar-refractivity contribution is 0.113. The molecule has 0 aromatic heterocycles. The Morgan fingerprint density at radius 2 is 1.75 bits per heavy atom. The molecule has 0 bridgehead atoms. The van der Waals surface area contributed by atoms with Crippen molar-refractivity contribution in [3.63, 3.8) is 0 Å². The summed E-state index contributed by atoms with van der Waals surface area (Å²) in [6, 6.07) is 4.10. The molecule has 0 heterocycles. The molecule has 3 nitrogen and oxygen atoms in total. The fourth-order valence-corrected chi connectivity index (χ4v) is 3.77. The molecule has 0 atom stereocenters. The molecule has 114 valence electrons. The zero-order valence-electron chi connectivity index (χ0n) is 12.3. The normalized spacial score (nSPS) is 11.7. The Morgan fingerprint density at radius 1 is 1.20 bits per heavy atom. The lowest BCUT2D eigenvalue weighted by Crippen LogP contribution is -2.36. The first-order chi connectivity index (χ1) is 9.51. The molecule has 1 rings (SSSR count). The summed E-state index contributed by atoms with van der Waals surface area (Å²) in [6.07, 6.45) is 1.95. The highest BCUT2D eigenvalue weighted by molar-refractivity contribution is 9.11. The van der Waals surface area contributed by atoms with Crippen molar-refractivity contribution in [1.29, 1.82) is 0 Å². The topological polar surface area (TPSA) is 41.5 Å². The van der Waals surface area contributed by atoms with E-state index in [0.29, 0.717) is 0 Å². The van der Waals surface area contributed by atoms with E-state index in [9.17, 15) is 5.11 Å². The lowest BCUT2D eigenvalue weighted by Gasteiger charge is -2.29. The fraction of sp³-hybridized carbons (Fsp3) is 0.600. The van der Waals surface area contributed by atoms with Gasteiger partial charge in [-0.25, -0.2) is 0 Å². The molecule has 2 N–H and O–H groups in total. The first kappa shape index (κ1) is 18.0. The maximum absolute atomic E-state index is 9.56. The second-order valence-electron chi connectivity index (χ2n) is 5.06. The van der Waals surface area contributed by atoms with E-state index in [1.807, 2.05) is 0 Å². The van der Waals surface area contributed by atoms with Gasteiger partial charge in [0.15, 0.2) is 0 Å². The SMILES string of the molecule is CCC(CC)(CO)CNCc1cc(Br)c(OC)c(Br)c1. The molecule has 0 spiro atoms. The van der Waals surface area contributed by atoms with Crippen LogP contribution in [0.15, 0.2) is 21.1 Å². The highest BCUT2D eigenvalue weighted by atomic mass is 79.9. The molecule has 0 amide bonds. The van der Waals surface area contributed by atoms with Crippen LogP contribution in [0.5, 0.6) is 5.75 Å². The van der Waals surface area contributed by atoms with E-state index in [1.165, 1.54) is 5.56 Å². The number of halogens is 2. The highest BCUT2D eigenvalue weighted by Gasteiger charge is 2.24. The summed E-state index contributed by atoms with van der Waals surface area (Å²) in [5.41, 5.74) is 1.16. The van der Waals surface area contributed by atoms with Gasteiger partial charge < -0.3 is 15.2 Å². The van der Waals surface area contributed by atoms with Crippen LogP contribution in [-0.4, -0.2) is 25.4 Å². The van der Waals surface area contributed by atoms with E-state index in [2.05, 4.69) is 63.2 Å². The Labute approximate surface area is 138 Å². The van der Waals surface area contributed by atoms with Gasteiger partial charge in [-0.2, -0.15) is 0 Å². The molecular weight excluding hydrogens is 386 g/mol. The molecule has 1 aromatic carbocycles. The molecule has 20 heavy (non-hydrogen) atoms. The van der Waals surface area contributed by atoms with E-state index in [0.717, 1.165) is 40.6 Å².